The van der Waals surface area contributed by atoms with Crippen LogP contribution in [0.5, 0.6) is 11.5 Å². The van der Waals surface area contributed by atoms with E-state index in [1.165, 1.54) is 14.2 Å². The van der Waals surface area contributed by atoms with Crippen molar-refractivity contribution in [1.82, 2.24) is 0 Å². The minimum atomic E-state index is -0.666. The average Bonchev–Trinajstić information content (AvgIpc) is 2.95. The van der Waals surface area contributed by atoms with E-state index in [0.717, 1.165) is 31.2 Å². The fraction of sp³-hybridized carbons (Fsp3) is 0.467. The standard InChI is InChI=1S/C15H16BrNO4/c1-20-13-10(8-18)7-11(16)12(14(13)21-2)15(17-9-19)5-3-4-6-15/h7-8H,3-6H2,1-2H3. The van der Waals surface area contributed by atoms with Crippen LogP contribution in [-0.4, -0.2) is 26.6 Å². The van der Waals surface area contributed by atoms with Crippen LogP contribution in [0.1, 0.15) is 41.6 Å². The van der Waals surface area contributed by atoms with E-state index in [-0.39, 0.29) is 0 Å². The molecule has 0 radical (unpaired) electrons. The SMILES string of the molecule is COc1c(C=O)cc(Br)c(C2(N=C=O)CCCC2)c1OC. The quantitative estimate of drug-likeness (QED) is 0.462. The summed E-state index contributed by atoms with van der Waals surface area (Å²) >= 11 is 3.47. The zero-order valence-electron chi connectivity index (χ0n) is 11.9. The van der Waals surface area contributed by atoms with Crippen LogP contribution in [0.4, 0.5) is 0 Å². The Labute approximate surface area is 131 Å². The van der Waals surface area contributed by atoms with Crippen molar-refractivity contribution in [3.8, 4) is 11.5 Å². The molecular weight excluding hydrogens is 338 g/mol. The molecule has 6 heteroatoms. The summed E-state index contributed by atoms with van der Waals surface area (Å²) in [5.74, 6) is 0.799. The van der Waals surface area contributed by atoms with Gasteiger partial charge in [-0.3, -0.25) is 4.79 Å². The summed E-state index contributed by atoms with van der Waals surface area (Å²) in [5, 5.41) is 0. The lowest BCUT2D eigenvalue weighted by Crippen LogP contribution is -2.21. The summed E-state index contributed by atoms with van der Waals surface area (Å²) in [4.78, 5) is 26.2. The van der Waals surface area contributed by atoms with E-state index in [0.29, 0.717) is 27.8 Å². The summed E-state index contributed by atoms with van der Waals surface area (Å²) < 4.78 is 11.5. The highest BCUT2D eigenvalue weighted by Gasteiger charge is 2.41. The first kappa shape index (κ1) is 15.7. The molecule has 0 bridgehead atoms. The lowest BCUT2D eigenvalue weighted by atomic mass is 9.87. The maximum Gasteiger partial charge on any atom is 0.235 e. The van der Waals surface area contributed by atoms with E-state index in [1.807, 2.05) is 0 Å². The van der Waals surface area contributed by atoms with Crippen molar-refractivity contribution >= 4 is 28.3 Å². The van der Waals surface area contributed by atoms with Crippen molar-refractivity contribution in [3.63, 3.8) is 0 Å². The van der Waals surface area contributed by atoms with E-state index in [4.69, 9.17) is 9.47 Å². The number of isocyanates is 1. The largest absolute Gasteiger partial charge is 0.492 e. The summed E-state index contributed by atoms with van der Waals surface area (Å²) in [6, 6.07) is 1.67. The Kier molecular flexibility index (Phi) is 4.80. The predicted octanol–water partition coefficient (Wildman–Crippen LogP) is 3.38. The second kappa shape index (κ2) is 6.41. The molecule has 0 heterocycles. The fourth-order valence-corrected chi connectivity index (χ4v) is 3.81. The fourth-order valence-electron chi connectivity index (χ4n) is 3.02. The Morgan fingerprint density at radius 2 is 1.90 bits per heavy atom. The summed E-state index contributed by atoms with van der Waals surface area (Å²) in [7, 11) is 2.99. The average molecular weight is 354 g/mol. The highest BCUT2D eigenvalue weighted by molar-refractivity contribution is 9.10. The second-order valence-electron chi connectivity index (χ2n) is 4.95. The van der Waals surface area contributed by atoms with Crippen molar-refractivity contribution < 1.29 is 19.1 Å². The van der Waals surface area contributed by atoms with E-state index < -0.39 is 5.54 Å². The molecule has 0 aliphatic heterocycles. The Morgan fingerprint density at radius 3 is 2.38 bits per heavy atom. The molecule has 5 nitrogen and oxygen atoms in total. The van der Waals surface area contributed by atoms with Gasteiger partial charge in [0.25, 0.3) is 0 Å². The molecule has 1 aromatic rings. The van der Waals surface area contributed by atoms with E-state index in [2.05, 4.69) is 20.9 Å². The molecule has 112 valence electrons. The molecule has 1 aromatic carbocycles. The molecule has 21 heavy (non-hydrogen) atoms. The van der Waals surface area contributed by atoms with Crippen LogP contribution in [0.15, 0.2) is 15.5 Å². The number of hydrogen-bond donors (Lipinski definition) is 0. The number of halogens is 1. The molecule has 0 aromatic heterocycles. The highest BCUT2D eigenvalue weighted by Crippen LogP contribution is 2.52. The summed E-state index contributed by atoms with van der Waals surface area (Å²) in [5.41, 5.74) is 0.460. The number of ether oxygens (including phenoxy) is 2. The topological polar surface area (TPSA) is 65.0 Å². The van der Waals surface area contributed by atoms with Crippen molar-refractivity contribution in [2.24, 2.45) is 4.99 Å². The Hall–Kier alpha value is -1.65. The first-order valence-electron chi connectivity index (χ1n) is 6.62. The number of aliphatic imine (C=N–C) groups is 1. The third-order valence-electron chi connectivity index (χ3n) is 3.91. The lowest BCUT2D eigenvalue weighted by molar-refractivity contribution is 0.111. The van der Waals surface area contributed by atoms with Gasteiger partial charge in [0, 0.05) is 10.0 Å². The van der Waals surface area contributed by atoms with Crippen LogP contribution in [0.2, 0.25) is 0 Å². The molecule has 1 fully saturated rings. The number of aldehydes is 1. The monoisotopic (exact) mass is 353 g/mol. The first-order valence-corrected chi connectivity index (χ1v) is 7.42. The third-order valence-corrected chi connectivity index (χ3v) is 4.53. The Balaban J connectivity index is 2.78. The molecule has 0 N–H and O–H groups in total. The van der Waals surface area contributed by atoms with Gasteiger partial charge in [-0.2, -0.15) is 4.99 Å². The Morgan fingerprint density at radius 1 is 1.29 bits per heavy atom. The van der Waals surface area contributed by atoms with Gasteiger partial charge in [-0.05, 0) is 18.9 Å². The van der Waals surface area contributed by atoms with Gasteiger partial charge in [-0.25, -0.2) is 4.79 Å². The molecule has 1 saturated carbocycles. The smallest absolute Gasteiger partial charge is 0.235 e. The van der Waals surface area contributed by atoms with Crippen LogP contribution in [0.25, 0.3) is 0 Å². The van der Waals surface area contributed by atoms with Gasteiger partial charge in [-0.1, -0.05) is 28.8 Å². The normalized spacial score (nSPS) is 16.1. The molecule has 0 saturated heterocycles. The summed E-state index contributed by atoms with van der Waals surface area (Å²) in [6.07, 6.45) is 5.81. The lowest BCUT2D eigenvalue weighted by Gasteiger charge is -2.27. The van der Waals surface area contributed by atoms with Crippen LogP contribution in [-0.2, 0) is 10.3 Å². The number of rotatable bonds is 5. The van der Waals surface area contributed by atoms with Gasteiger partial charge in [0.05, 0.1) is 19.8 Å². The highest BCUT2D eigenvalue weighted by atomic mass is 79.9. The van der Waals surface area contributed by atoms with Crippen molar-refractivity contribution in [2.75, 3.05) is 14.2 Å². The first-order chi connectivity index (χ1) is 10.1. The predicted molar refractivity (Wildman–Crippen MR) is 80.9 cm³/mol. The molecule has 2 rings (SSSR count). The molecular formula is C15H16BrNO4. The minimum Gasteiger partial charge on any atom is -0.492 e. The van der Waals surface area contributed by atoms with Gasteiger partial charge in [0.15, 0.2) is 17.8 Å². The molecule has 0 atom stereocenters. The van der Waals surface area contributed by atoms with Gasteiger partial charge in [-0.15, -0.1) is 0 Å². The second-order valence-corrected chi connectivity index (χ2v) is 5.80. The van der Waals surface area contributed by atoms with Gasteiger partial charge < -0.3 is 9.47 Å². The molecule has 0 unspecified atom stereocenters. The van der Waals surface area contributed by atoms with Crippen molar-refractivity contribution in [1.29, 1.82) is 0 Å². The number of benzene rings is 1. The number of hydrogen-bond acceptors (Lipinski definition) is 5. The minimum absolute atomic E-state index is 0.359. The molecule has 0 amide bonds. The summed E-state index contributed by atoms with van der Waals surface area (Å²) in [6.45, 7) is 0. The van der Waals surface area contributed by atoms with E-state index >= 15 is 0 Å². The van der Waals surface area contributed by atoms with Crippen LogP contribution >= 0.6 is 15.9 Å². The number of carbonyl (C=O) groups is 1. The zero-order chi connectivity index (χ0) is 15.5. The maximum absolute atomic E-state index is 11.2. The van der Waals surface area contributed by atoms with Crippen LogP contribution < -0.4 is 9.47 Å². The Bertz CT molecular complexity index is 602. The van der Waals surface area contributed by atoms with Crippen LogP contribution in [0.3, 0.4) is 0 Å². The number of carbonyl (C=O) groups excluding carboxylic acids is 2. The van der Waals surface area contributed by atoms with Crippen molar-refractivity contribution in [2.45, 2.75) is 31.2 Å². The molecule has 0 spiro atoms. The zero-order valence-corrected chi connectivity index (χ0v) is 13.5. The van der Waals surface area contributed by atoms with E-state index in [9.17, 15) is 9.59 Å². The van der Waals surface area contributed by atoms with Gasteiger partial charge in [0.2, 0.25) is 6.08 Å². The van der Waals surface area contributed by atoms with E-state index in [1.54, 1.807) is 12.1 Å². The number of nitrogens with zero attached hydrogens (tertiary/aromatic N) is 1. The third kappa shape index (κ3) is 2.61. The van der Waals surface area contributed by atoms with Crippen LogP contribution in [0, 0.1) is 0 Å². The van der Waals surface area contributed by atoms with Gasteiger partial charge in [0.1, 0.15) is 5.54 Å². The van der Waals surface area contributed by atoms with Crippen molar-refractivity contribution in [3.05, 3.63) is 21.7 Å². The maximum atomic E-state index is 11.2. The van der Waals surface area contributed by atoms with Gasteiger partial charge >= 0.3 is 0 Å². The molecule has 1 aliphatic rings. The molecule has 1 aliphatic carbocycles. The number of methoxy groups -OCH3 is 2.